The van der Waals surface area contributed by atoms with Crippen molar-refractivity contribution in [2.24, 2.45) is 0 Å². The minimum absolute atomic E-state index is 0.240. The molecule has 104 valence electrons. The number of nitrogens with one attached hydrogen (secondary N) is 2. The van der Waals surface area contributed by atoms with Gasteiger partial charge in [0.25, 0.3) is 5.91 Å². The Labute approximate surface area is 118 Å². The minimum atomic E-state index is -0.240. The summed E-state index contributed by atoms with van der Waals surface area (Å²) in [5.41, 5.74) is 2.47. The summed E-state index contributed by atoms with van der Waals surface area (Å²) in [6.45, 7) is 2.02. The third-order valence-corrected chi connectivity index (χ3v) is 2.91. The Morgan fingerprint density at radius 3 is 2.60 bits per heavy atom. The summed E-state index contributed by atoms with van der Waals surface area (Å²) in [5, 5.41) is 5.63. The molecular weight excluding hydrogens is 254 g/mol. The second-order valence-corrected chi connectivity index (χ2v) is 4.28. The summed E-state index contributed by atoms with van der Waals surface area (Å²) in [5.74, 6) is 1.04. The molecule has 5 heteroatoms. The molecule has 0 aliphatic heterocycles. The van der Waals surface area contributed by atoms with Crippen molar-refractivity contribution in [3.05, 3.63) is 47.8 Å². The molecule has 0 atom stereocenters. The Bertz CT molecular complexity index is 626. The van der Waals surface area contributed by atoms with E-state index >= 15 is 0 Å². The standard InChI is InChI=1S/C15H17N3O2/c1-10-4-5-11(8-13(10)16-2)20-12-6-7-18-14(9-12)15(19)17-3/h4-9,16H,1-3H3,(H,17,19). The van der Waals surface area contributed by atoms with E-state index in [2.05, 4.69) is 15.6 Å². The van der Waals surface area contributed by atoms with Gasteiger partial charge in [-0.1, -0.05) is 6.07 Å². The molecule has 2 rings (SSSR count). The Balaban J connectivity index is 2.24. The number of ether oxygens (including phenoxy) is 1. The molecule has 1 aromatic heterocycles. The quantitative estimate of drug-likeness (QED) is 0.897. The smallest absolute Gasteiger partial charge is 0.269 e. The number of hydrogen-bond donors (Lipinski definition) is 2. The number of anilines is 1. The highest BCUT2D eigenvalue weighted by Gasteiger charge is 2.07. The maximum atomic E-state index is 11.5. The molecular formula is C15H17N3O2. The average Bonchev–Trinajstić information content (AvgIpc) is 2.48. The van der Waals surface area contributed by atoms with Crippen LogP contribution < -0.4 is 15.4 Å². The van der Waals surface area contributed by atoms with Crippen LogP contribution in [0.25, 0.3) is 0 Å². The second kappa shape index (κ2) is 6.06. The average molecular weight is 271 g/mol. The molecule has 0 fully saturated rings. The molecule has 20 heavy (non-hydrogen) atoms. The highest BCUT2D eigenvalue weighted by Crippen LogP contribution is 2.26. The monoisotopic (exact) mass is 271 g/mol. The Hall–Kier alpha value is -2.56. The van der Waals surface area contributed by atoms with E-state index in [1.807, 2.05) is 32.2 Å². The molecule has 0 aliphatic rings. The maximum Gasteiger partial charge on any atom is 0.269 e. The van der Waals surface area contributed by atoms with Gasteiger partial charge in [0.15, 0.2) is 0 Å². The lowest BCUT2D eigenvalue weighted by Gasteiger charge is -2.10. The van der Waals surface area contributed by atoms with Gasteiger partial charge in [-0.05, 0) is 24.6 Å². The molecule has 2 aromatic rings. The fourth-order valence-corrected chi connectivity index (χ4v) is 1.80. The van der Waals surface area contributed by atoms with Crippen LogP contribution in [0.5, 0.6) is 11.5 Å². The topological polar surface area (TPSA) is 63.2 Å². The molecule has 0 unspecified atom stereocenters. The largest absolute Gasteiger partial charge is 0.457 e. The number of rotatable bonds is 4. The number of nitrogens with zero attached hydrogens (tertiary/aromatic N) is 1. The molecule has 5 nitrogen and oxygen atoms in total. The van der Waals surface area contributed by atoms with Crippen LogP contribution in [0.4, 0.5) is 5.69 Å². The maximum absolute atomic E-state index is 11.5. The summed E-state index contributed by atoms with van der Waals surface area (Å²) in [6, 6.07) is 9.09. The van der Waals surface area contributed by atoms with Crippen molar-refractivity contribution in [3.8, 4) is 11.5 Å². The zero-order chi connectivity index (χ0) is 14.5. The van der Waals surface area contributed by atoms with E-state index in [0.717, 1.165) is 11.3 Å². The summed E-state index contributed by atoms with van der Waals surface area (Å²) in [4.78, 5) is 15.5. The lowest BCUT2D eigenvalue weighted by atomic mass is 10.2. The lowest BCUT2D eigenvalue weighted by molar-refractivity contribution is 0.0958. The Morgan fingerprint density at radius 2 is 1.90 bits per heavy atom. The molecule has 1 heterocycles. The van der Waals surface area contributed by atoms with Crippen LogP contribution in [0.2, 0.25) is 0 Å². The van der Waals surface area contributed by atoms with Gasteiger partial charge in [-0.2, -0.15) is 0 Å². The number of aryl methyl sites for hydroxylation is 1. The van der Waals surface area contributed by atoms with Crippen LogP contribution >= 0.6 is 0 Å². The SMILES string of the molecule is CNC(=O)c1cc(Oc2ccc(C)c(NC)c2)ccn1. The van der Waals surface area contributed by atoms with Crippen molar-refractivity contribution in [3.63, 3.8) is 0 Å². The van der Waals surface area contributed by atoms with Gasteiger partial charge in [0.05, 0.1) is 0 Å². The summed E-state index contributed by atoms with van der Waals surface area (Å²) >= 11 is 0. The third-order valence-electron chi connectivity index (χ3n) is 2.91. The van der Waals surface area contributed by atoms with Gasteiger partial charge >= 0.3 is 0 Å². The molecule has 0 bridgehead atoms. The molecule has 1 aromatic carbocycles. The van der Waals surface area contributed by atoms with Gasteiger partial charge in [-0.3, -0.25) is 9.78 Å². The van der Waals surface area contributed by atoms with Gasteiger partial charge in [0, 0.05) is 38.1 Å². The van der Waals surface area contributed by atoms with Gasteiger partial charge in [-0.15, -0.1) is 0 Å². The zero-order valence-corrected chi connectivity index (χ0v) is 11.7. The van der Waals surface area contributed by atoms with E-state index in [0.29, 0.717) is 17.2 Å². The summed E-state index contributed by atoms with van der Waals surface area (Å²) < 4.78 is 5.75. The summed E-state index contributed by atoms with van der Waals surface area (Å²) in [7, 11) is 3.43. The van der Waals surface area contributed by atoms with Crippen LogP contribution in [0.1, 0.15) is 16.1 Å². The van der Waals surface area contributed by atoms with E-state index in [4.69, 9.17) is 4.74 Å². The minimum Gasteiger partial charge on any atom is -0.457 e. The fourth-order valence-electron chi connectivity index (χ4n) is 1.80. The number of carbonyl (C=O) groups excluding carboxylic acids is 1. The van der Waals surface area contributed by atoms with Gasteiger partial charge in [0.2, 0.25) is 0 Å². The fraction of sp³-hybridized carbons (Fsp3) is 0.200. The Kier molecular flexibility index (Phi) is 4.20. The van der Waals surface area contributed by atoms with Crippen LogP contribution in [-0.2, 0) is 0 Å². The molecule has 0 spiro atoms. The predicted octanol–water partition coefficient (Wildman–Crippen LogP) is 2.58. The highest BCUT2D eigenvalue weighted by atomic mass is 16.5. The van der Waals surface area contributed by atoms with Crippen LogP contribution in [-0.4, -0.2) is 25.0 Å². The lowest BCUT2D eigenvalue weighted by Crippen LogP contribution is -2.18. The van der Waals surface area contributed by atoms with E-state index < -0.39 is 0 Å². The number of aromatic nitrogens is 1. The van der Waals surface area contributed by atoms with Crippen molar-refractivity contribution < 1.29 is 9.53 Å². The number of benzene rings is 1. The van der Waals surface area contributed by atoms with E-state index in [1.165, 1.54) is 0 Å². The van der Waals surface area contributed by atoms with E-state index in [-0.39, 0.29) is 5.91 Å². The summed E-state index contributed by atoms with van der Waals surface area (Å²) in [6.07, 6.45) is 1.55. The van der Waals surface area contributed by atoms with Crippen molar-refractivity contribution in [2.45, 2.75) is 6.92 Å². The first-order chi connectivity index (χ1) is 9.63. The van der Waals surface area contributed by atoms with Crippen molar-refractivity contribution in [1.29, 1.82) is 0 Å². The molecule has 0 aliphatic carbocycles. The van der Waals surface area contributed by atoms with Gasteiger partial charge in [0.1, 0.15) is 17.2 Å². The molecule has 0 radical (unpaired) electrons. The third kappa shape index (κ3) is 3.06. The van der Waals surface area contributed by atoms with E-state index in [9.17, 15) is 4.79 Å². The number of amides is 1. The first kappa shape index (κ1) is 13.9. The van der Waals surface area contributed by atoms with E-state index in [1.54, 1.807) is 25.4 Å². The molecule has 2 N–H and O–H groups in total. The second-order valence-electron chi connectivity index (χ2n) is 4.28. The van der Waals surface area contributed by atoms with Gasteiger partial charge in [-0.25, -0.2) is 0 Å². The molecule has 1 amide bonds. The normalized spacial score (nSPS) is 9.95. The number of carbonyl (C=O) groups is 1. The zero-order valence-electron chi connectivity index (χ0n) is 11.7. The van der Waals surface area contributed by atoms with Crippen LogP contribution in [0, 0.1) is 6.92 Å². The first-order valence-corrected chi connectivity index (χ1v) is 6.28. The van der Waals surface area contributed by atoms with Crippen molar-refractivity contribution >= 4 is 11.6 Å². The number of hydrogen-bond acceptors (Lipinski definition) is 4. The van der Waals surface area contributed by atoms with Crippen LogP contribution in [0.3, 0.4) is 0 Å². The highest BCUT2D eigenvalue weighted by molar-refractivity contribution is 5.92. The van der Waals surface area contributed by atoms with Crippen molar-refractivity contribution in [2.75, 3.05) is 19.4 Å². The first-order valence-electron chi connectivity index (χ1n) is 6.28. The number of pyridine rings is 1. The van der Waals surface area contributed by atoms with Gasteiger partial charge < -0.3 is 15.4 Å². The predicted molar refractivity (Wildman–Crippen MR) is 78.4 cm³/mol. The van der Waals surface area contributed by atoms with Crippen molar-refractivity contribution in [1.82, 2.24) is 10.3 Å². The molecule has 0 saturated carbocycles. The Morgan fingerprint density at radius 1 is 1.15 bits per heavy atom. The van der Waals surface area contributed by atoms with Crippen LogP contribution in [0.15, 0.2) is 36.5 Å². The molecule has 0 saturated heterocycles.